The summed E-state index contributed by atoms with van der Waals surface area (Å²) in [6, 6.07) is 8.46. The number of nitrogens with two attached hydrogens (primary N) is 1. The number of primary amides is 1. The lowest BCUT2D eigenvalue weighted by molar-refractivity contribution is -0.137. The topological polar surface area (TPSA) is 78.6 Å². The molecule has 0 aliphatic carbocycles. The molecular formula is C9H10ClNO4. The third-order valence-corrected chi connectivity index (χ3v) is 1.31. The molecule has 6 heteroatoms. The lowest BCUT2D eigenvalue weighted by Crippen LogP contribution is -2.22. The highest BCUT2D eigenvalue weighted by Gasteiger charge is 2.06. The third-order valence-electron chi connectivity index (χ3n) is 1.31. The van der Waals surface area contributed by atoms with Crippen molar-refractivity contribution in [1.82, 2.24) is 0 Å². The number of hydrogen-bond acceptors (Lipinski definition) is 4. The summed E-state index contributed by atoms with van der Waals surface area (Å²) in [5.41, 5.74) is 4.67. The molecule has 5 nitrogen and oxygen atoms in total. The Balaban J connectivity index is 0.00000196. The molecule has 0 unspecified atom stereocenters. The molecule has 0 atom stereocenters. The number of hydrogen-bond donors (Lipinski definition) is 1. The molecule has 0 bridgehead atoms. The average molecular weight is 232 g/mol. The standard InChI is InChI=1S/C9H9NO4.ClH/c10-9(12)13-6-8(11)14-7-4-2-1-3-5-7;/h1-5H,6H2,(H2,10,12);1H. The van der Waals surface area contributed by atoms with Crippen molar-refractivity contribution in [3.8, 4) is 5.75 Å². The molecule has 1 rings (SSSR count). The Bertz CT molecular complexity index is 328. The van der Waals surface area contributed by atoms with E-state index in [2.05, 4.69) is 10.5 Å². The van der Waals surface area contributed by atoms with Gasteiger partial charge in [-0.15, -0.1) is 12.4 Å². The van der Waals surface area contributed by atoms with Crippen molar-refractivity contribution < 1.29 is 19.1 Å². The van der Waals surface area contributed by atoms with Crippen LogP contribution in [0.5, 0.6) is 5.75 Å². The number of rotatable bonds is 3. The molecule has 0 spiro atoms. The van der Waals surface area contributed by atoms with Crippen LogP contribution in [-0.4, -0.2) is 18.7 Å². The van der Waals surface area contributed by atoms with Crippen LogP contribution in [0.4, 0.5) is 4.79 Å². The minimum Gasteiger partial charge on any atom is -0.438 e. The van der Waals surface area contributed by atoms with Gasteiger partial charge in [0.2, 0.25) is 0 Å². The van der Waals surface area contributed by atoms with Crippen molar-refractivity contribution in [2.45, 2.75) is 0 Å². The van der Waals surface area contributed by atoms with Gasteiger partial charge < -0.3 is 15.2 Å². The second kappa shape index (κ2) is 6.67. The van der Waals surface area contributed by atoms with Crippen LogP contribution in [0, 0.1) is 0 Å². The highest BCUT2D eigenvalue weighted by atomic mass is 35.5. The first-order valence-corrected chi connectivity index (χ1v) is 3.86. The molecule has 2 N–H and O–H groups in total. The van der Waals surface area contributed by atoms with Crippen molar-refractivity contribution >= 4 is 24.5 Å². The Labute approximate surface area is 92.6 Å². The highest BCUT2D eigenvalue weighted by Crippen LogP contribution is 2.08. The average Bonchev–Trinajstić information content (AvgIpc) is 2.16. The molecule has 0 saturated carbocycles. The minimum atomic E-state index is -1.00. The van der Waals surface area contributed by atoms with Gasteiger partial charge in [-0.25, -0.2) is 9.59 Å². The second-order valence-electron chi connectivity index (χ2n) is 2.39. The summed E-state index contributed by atoms with van der Waals surface area (Å²) in [4.78, 5) is 21.1. The molecule has 1 aromatic rings. The molecule has 0 heterocycles. The van der Waals surface area contributed by atoms with Crippen LogP contribution < -0.4 is 10.5 Å². The van der Waals surface area contributed by atoms with E-state index in [1.54, 1.807) is 30.3 Å². The number of ether oxygens (including phenoxy) is 2. The Morgan fingerprint density at radius 3 is 2.33 bits per heavy atom. The number of carbonyl (C=O) groups excluding carboxylic acids is 2. The zero-order valence-corrected chi connectivity index (χ0v) is 8.53. The SMILES string of the molecule is Cl.NC(=O)OCC(=O)Oc1ccccc1. The van der Waals surface area contributed by atoms with Crippen LogP contribution in [0.25, 0.3) is 0 Å². The first-order chi connectivity index (χ1) is 6.68. The van der Waals surface area contributed by atoms with Crippen molar-refractivity contribution in [3.05, 3.63) is 30.3 Å². The monoisotopic (exact) mass is 231 g/mol. The summed E-state index contributed by atoms with van der Waals surface area (Å²) in [6.45, 7) is -0.482. The van der Waals surface area contributed by atoms with E-state index in [9.17, 15) is 9.59 Å². The lowest BCUT2D eigenvalue weighted by atomic mass is 10.3. The summed E-state index contributed by atoms with van der Waals surface area (Å²) in [5, 5.41) is 0. The molecule has 0 aromatic heterocycles. The fourth-order valence-corrected chi connectivity index (χ4v) is 0.780. The zero-order chi connectivity index (χ0) is 10.4. The second-order valence-corrected chi connectivity index (χ2v) is 2.39. The Morgan fingerprint density at radius 2 is 1.80 bits per heavy atom. The van der Waals surface area contributed by atoms with Crippen LogP contribution in [0.2, 0.25) is 0 Å². The molecule has 1 amide bonds. The summed E-state index contributed by atoms with van der Waals surface area (Å²) in [5.74, 6) is -0.277. The summed E-state index contributed by atoms with van der Waals surface area (Å²) >= 11 is 0. The molecule has 15 heavy (non-hydrogen) atoms. The van der Waals surface area contributed by atoms with Crippen LogP contribution in [0.3, 0.4) is 0 Å². The number of para-hydroxylation sites is 1. The Kier molecular flexibility index (Phi) is 5.89. The third kappa shape index (κ3) is 5.53. The maximum absolute atomic E-state index is 11.0. The van der Waals surface area contributed by atoms with Crippen LogP contribution in [-0.2, 0) is 9.53 Å². The van der Waals surface area contributed by atoms with Crippen molar-refractivity contribution in [2.24, 2.45) is 5.73 Å². The van der Waals surface area contributed by atoms with E-state index in [1.807, 2.05) is 0 Å². The van der Waals surface area contributed by atoms with Gasteiger partial charge >= 0.3 is 12.1 Å². The quantitative estimate of drug-likeness (QED) is 0.624. The van der Waals surface area contributed by atoms with Gasteiger partial charge in [-0.05, 0) is 12.1 Å². The van der Waals surface area contributed by atoms with Crippen LogP contribution >= 0.6 is 12.4 Å². The van der Waals surface area contributed by atoms with Gasteiger partial charge in [0.05, 0.1) is 0 Å². The van der Waals surface area contributed by atoms with E-state index >= 15 is 0 Å². The first-order valence-electron chi connectivity index (χ1n) is 3.86. The minimum absolute atomic E-state index is 0. The normalized spacial score (nSPS) is 8.53. The van der Waals surface area contributed by atoms with E-state index in [4.69, 9.17) is 4.74 Å². The van der Waals surface area contributed by atoms with E-state index in [0.717, 1.165) is 0 Å². The molecule has 82 valence electrons. The maximum Gasteiger partial charge on any atom is 0.405 e. The van der Waals surface area contributed by atoms with Crippen molar-refractivity contribution in [3.63, 3.8) is 0 Å². The van der Waals surface area contributed by atoms with Gasteiger partial charge in [0.25, 0.3) is 0 Å². The van der Waals surface area contributed by atoms with E-state index in [1.165, 1.54) is 0 Å². The number of amides is 1. The summed E-state index contributed by atoms with van der Waals surface area (Å²) < 4.78 is 9.03. The van der Waals surface area contributed by atoms with Gasteiger partial charge in [-0.1, -0.05) is 18.2 Å². The number of esters is 1. The molecule has 0 radical (unpaired) electrons. The molecule has 0 aliphatic rings. The smallest absolute Gasteiger partial charge is 0.405 e. The lowest BCUT2D eigenvalue weighted by Gasteiger charge is -2.03. The van der Waals surface area contributed by atoms with E-state index < -0.39 is 18.7 Å². The predicted octanol–water partition coefficient (Wildman–Crippen LogP) is 1.11. The zero-order valence-electron chi connectivity index (χ0n) is 7.71. The van der Waals surface area contributed by atoms with Crippen molar-refractivity contribution in [1.29, 1.82) is 0 Å². The number of halogens is 1. The fourth-order valence-electron chi connectivity index (χ4n) is 0.780. The fraction of sp³-hybridized carbons (Fsp3) is 0.111. The van der Waals surface area contributed by atoms with Gasteiger partial charge in [0.15, 0.2) is 6.61 Å². The largest absolute Gasteiger partial charge is 0.438 e. The molecular weight excluding hydrogens is 222 g/mol. The van der Waals surface area contributed by atoms with Crippen molar-refractivity contribution in [2.75, 3.05) is 6.61 Å². The number of carbonyl (C=O) groups is 2. The van der Waals surface area contributed by atoms with Crippen LogP contribution in [0.1, 0.15) is 0 Å². The van der Waals surface area contributed by atoms with Gasteiger partial charge in [0.1, 0.15) is 5.75 Å². The summed E-state index contributed by atoms with van der Waals surface area (Å²) in [7, 11) is 0. The molecule has 0 fully saturated rings. The molecule has 0 aliphatic heterocycles. The maximum atomic E-state index is 11.0. The first kappa shape index (κ1) is 13.2. The van der Waals surface area contributed by atoms with Gasteiger partial charge in [-0.2, -0.15) is 0 Å². The number of benzene rings is 1. The molecule has 1 aromatic carbocycles. The van der Waals surface area contributed by atoms with Gasteiger partial charge in [-0.3, -0.25) is 0 Å². The van der Waals surface area contributed by atoms with Gasteiger partial charge in [0, 0.05) is 0 Å². The van der Waals surface area contributed by atoms with Crippen LogP contribution in [0.15, 0.2) is 30.3 Å². The molecule has 0 saturated heterocycles. The van der Waals surface area contributed by atoms with E-state index in [0.29, 0.717) is 5.75 Å². The highest BCUT2D eigenvalue weighted by molar-refractivity contribution is 5.85. The Hall–Kier alpha value is -1.75. The summed E-state index contributed by atoms with van der Waals surface area (Å²) in [6.07, 6.45) is -1.00. The van der Waals surface area contributed by atoms with E-state index in [-0.39, 0.29) is 12.4 Å². The Morgan fingerprint density at radius 1 is 1.20 bits per heavy atom. The predicted molar refractivity (Wildman–Crippen MR) is 54.9 cm³/mol.